The van der Waals surface area contributed by atoms with Crippen LogP contribution in [0.4, 0.5) is 11.4 Å². The van der Waals surface area contributed by atoms with Crippen LogP contribution in [0.25, 0.3) is 0 Å². The predicted molar refractivity (Wildman–Crippen MR) is 78.5 cm³/mol. The lowest BCUT2D eigenvalue weighted by atomic mass is 10.0. The Kier molecular flexibility index (Phi) is 3.44. The average molecular weight is 244 g/mol. The molecule has 2 aliphatic rings. The summed E-state index contributed by atoms with van der Waals surface area (Å²) in [4.78, 5) is 2.58. The molecule has 2 heteroatoms. The van der Waals surface area contributed by atoms with E-state index in [2.05, 4.69) is 35.3 Å². The van der Waals surface area contributed by atoms with Gasteiger partial charge in [0.2, 0.25) is 0 Å². The molecule has 0 bridgehead atoms. The minimum absolute atomic E-state index is 0.897. The second-order valence-corrected chi connectivity index (χ2v) is 5.89. The van der Waals surface area contributed by atoms with Gasteiger partial charge in [-0.15, -0.1) is 0 Å². The number of anilines is 2. The van der Waals surface area contributed by atoms with Crippen molar-refractivity contribution in [2.75, 3.05) is 29.9 Å². The van der Waals surface area contributed by atoms with Gasteiger partial charge in [-0.1, -0.05) is 6.92 Å². The second-order valence-electron chi connectivity index (χ2n) is 5.89. The van der Waals surface area contributed by atoms with Crippen LogP contribution in [0.1, 0.15) is 38.2 Å². The molecule has 1 unspecified atom stereocenters. The SMILES string of the molecule is CC1CCCN(c2ccc3c(c2)CCCN3)CC1. The van der Waals surface area contributed by atoms with Gasteiger partial charge >= 0.3 is 0 Å². The highest BCUT2D eigenvalue weighted by molar-refractivity contribution is 5.61. The van der Waals surface area contributed by atoms with Gasteiger partial charge < -0.3 is 10.2 Å². The van der Waals surface area contributed by atoms with E-state index >= 15 is 0 Å². The molecule has 0 saturated carbocycles. The molecule has 2 heterocycles. The Labute approximate surface area is 110 Å². The highest BCUT2D eigenvalue weighted by atomic mass is 15.1. The van der Waals surface area contributed by atoms with Crippen molar-refractivity contribution in [2.45, 2.75) is 39.0 Å². The van der Waals surface area contributed by atoms with Crippen molar-refractivity contribution in [3.8, 4) is 0 Å². The molecule has 1 N–H and O–H groups in total. The summed E-state index contributed by atoms with van der Waals surface area (Å²) in [7, 11) is 0. The molecule has 0 aliphatic carbocycles. The number of rotatable bonds is 1. The predicted octanol–water partition coefficient (Wildman–Crippen LogP) is 3.67. The summed E-state index contributed by atoms with van der Waals surface area (Å²) in [5.41, 5.74) is 4.30. The van der Waals surface area contributed by atoms with Crippen LogP contribution in [0.15, 0.2) is 18.2 Å². The van der Waals surface area contributed by atoms with Gasteiger partial charge in [0.05, 0.1) is 0 Å². The monoisotopic (exact) mass is 244 g/mol. The summed E-state index contributed by atoms with van der Waals surface area (Å²) in [5.74, 6) is 0.897. The first-order chi connectivity index (χ1) is 8.83. The molecule has 1 atom stereocenters. The molecule has 1 saturated heterocycles. The number of hydrogen-bond acceptors (Lipinski definition) is 2. The summed E-state index contributed by atoms with van der Waals surface area (Å²) in [6.45, 7) is 5.98. The lowest BCUT2D eigenvalue weighted by Crippen LogP contribution is -2.24. The van der Waals surface area contributed by atoms with Gasteiger partial charge in [-0.25, -0.2) is 0 Å². The van der Waals surface area contributed by atoms with E-state index in [1.54, 1.807) is 0 Å². The Hall–Kier alpha value is -1.18. The van der Waals surface area contributed by atoms with E-state index in [4.69, 9.17) is 0 Å². The van der Waals surface area contributed by atoms with Crippen molar-refractivity contribution in [2.24, 2.45) is 5.92 Å². The van der Waals surface area contributed by atoms with Gasteiger partial charge in [-0.05, 0) is 61.8 Å². The van der Waals surface area contributed by atoms with Gasteiger partial charge in [0, 0.05) is 31.0 Å². The number of nitrogens with zero attached hydrogens (tertiary/aromatic N) is 1. The van der Waals surface area contributed by atoms with Crippen molar-refractivity contribution in [3.05, 3.63) is 23.8 Å². The number of nitrogens with one attached hydrogen (secondary N) is 1. The molecule has 0 radical (unpaired) electrons. The highest BCUT2D eigenvalue weighted by Crippen LogP contribution is 2.29. The minimum atomic E-state index is 0.897. The fraction of sp³-hybridized carbons (Fsp3) is 0.625. The topological polar surface area (TPSA) is 15.3 Å². The summed E-state index contributed by atoms with van der Waals surface area (Å²) >= 11 is 0. The third-order valence-corrected chi connectivity index (χ3v) is 4.41. The molecule has 18 heavy (non-hydrogen) atoms. The normalized spacial score (nSPS) is 24.1. The van der Waals surface area contributed by atoms with Crippen LogP contribution in [0.3, 0.4) is 0 Å². The van der Waals surface area contributed by atoms with Crippen LogP contribution in [-0.4, -0.2) is 19.6 Å². The minimum Gasteiger partial charge on any atom is -0.385 e. The standard InChI is InChI=1S/C16H24N2/c1-13-4-3-10-18(11-8-13)15-6-7-16-14(12-15)5-2-9-17-16/h6-7,12-13,17H,2-5,8-11H2,1H3. The lowest BCUT2D eigenvalue weighted by Gasteiger charge is -2.26. The Bertz CT molecular complexity index is 414. The fourth-order valence-electron chi connectivity index (χ4n) is 3.18. The van der Waals surface area contributed by atoms with Crippen molar-refractivity contribution in [1.29, 1.82) is 0 Å². The van der Waals surface area contributed by atoms with E-state index in [-0.39, 0.29) is 0 Å². The molecule has 0 amide bonds. The first kappa shape index (κ1) is 11.9. The summed E-state index contributed by atoms with van der Waals surface area (Å²) in [5, 5.41) is 3.49. The maximum atomic E-state index is 3.49. The number of aryl methyl sites for hydroxylation is 1. The van der Waals surface area contributed by atoms with E-state index in [9.17, 15) is 0 Å². The molecular formula is C16H24N2. The number of benzene rings is 1. The fourth-order valence-corrected chi connectivity index (χ4v) is 3.18. The van der Waals surface area contributed by atoms with Crippen LogP contribution in [0, 0.1) is 5.92 Å². The van der Waals surface area contributed by atoms with E-state index in [0.717, 1.165) is 12.5 Å². The summed E-state index contributed by atoms with van der Waals surface area (Å²) in [6.07, 6.45) is 6.59. The lowest BCUT2D eigenvalue weighted by molar-refractivity contribution is 0.521. The smallest absolute Gasteiger partial charge is 0.0374 e. The third-order valence-electron chi connectivity index (χ3n) is 4.41. The molecule has 0 spiro atoms. The van der Waals surface area contributed by atoms with Crippen LogP contribution in [-0.2, 0) is 6.42 Å². The number of fused-ring (bicyclic) bond motifs is 1. The Morgan fingerprint density at radius 1 is 1.17 bits per heavy atom. The molecule has 1 fully saturated rings. The van der Waals surface area contributed by atoms with Gasteiger partial charge in [0.15, 0.2) is 0 Å². The van der Waals surface area contributed by atoms with Crippen molar-refractivity contribution in [3.63, 3.8) is 0 Å². The average Bonchev–Trinajstić information content (AvgIpc) is 2.63. The van der Waals surface area contributed by atoms with Gasteiger partial charge in [0.1, 0.15) is 0 Å². The Morgan fingerprint density at radius 3 is 3.06 bits per heavy atom. The number of hydrogen-bond donors (Lipinski definition) is 1. The molecule has 2 nitrogen and oxygen atoms in total. The van der Waals surface area contributed by atoms with Gasteiger partial charge in [0.25, 0.3) is 0 Å². The van der Waals surface area contributed by atoms with Crippen LogP contribution in [0.2, 0.25) is 0 Å². The highest BCUT2D eigenvalue weighted by Gasteiger charge is 2.16. The zero-order chi connectivity index (χ0) is 12.4. The molecule has 3 rings (SSSR count). The van der Waals surface area contributed by atoms with E-state index in [1.807, 2.05) is 0 Å². The van der Waals surface area contributed by atoms with E-state index in [1.165, 1.54) is 62.1 Å². The summed E-state index contributed by atoms with van der Waals surface area (Å²) < 4.78 is 0. The van der Waals surface area contributed by atoms with Gasteiger partial charge in [-0.3, -0.25) is 0 Å². The van der Waals surface area contributed by atoms with Gasteiger partial charge in [-0.2, -0.15) is 0 Å². The Balaban J connectivity index is 1.79. The molecule has 98 valence electrons. The van der Waals surface area contributed by atoms with Crippen molar-refractivity contribution < 1.29 is 0 Å². The van der Waals surface area contributed by atoms with Crippen molar-refractivity contribution >= 4 is 11.4 Å². The van der Waals surface area contributed by atoms with Crippen molar-refractivity contribution in [1.82, 2.24) is 0 Å². The molecule has 1 aromatic rings. The Morgan fingerprint density at radius 2 is 2.11 bits per heavy atom. The maximum absolute atomic E-state index is 3.49. The molecular weight excluding hydrogens is 220 g/mol. The largest absolute Gasteiger partial charge is 0.385 e. The van der Waals surface area contributed by atoms with E-state index < -0.39 is 0 Å². The molecule has 2 aliphatic heterocycles. The van der Waals surface area contributed by atoms with E-state index in [0.29, 0.717) is 0 Å². The van der Waals surface area contributed by atoms with Crippen LogP contribution >= 0.6 is 0 Å². The first-order valence-electron chi connectivity index (χ1n) is 7.45. The van der Waals surface area contributed by atoms with Crippen LogP contribution < -0.4 is 10.2 Å². The zero-order valence-electron chi connectivity index (χ0n) is 11.4. The first-order valence-corrected chi connectivity index (χ1v) is 7.45. The summed E-state index contributed by atoms with van der Waals surface area (Å²) in [6, 6.07) is 6.99. The third kappa shape index (κ3) is 2.47. The maximum Gasteiger partial charge on any atom is 0.0374 e. The molecule has 0 aromatic heterocycles. The van der Waals surface area contributed by atoms with Crippen LogP contribution in [0.5, 0.6) is 0 Å². The second kappa shape index (κ2) is 5.21. The zero-order valence-corrected chi connectivity index (χ0v) is 11.4. The quantitative estimate of drug-likeness (QED) is 0.811. The molecule has 1 aromatic carbocycles.